The molecule has 0 radical (unpaired) electrons. The molecule has 2 aromatic carbocycles. The molecule has 3 aromatic rings. The predicted octanol–water partition coefficient (Wildman–Crippen LogP) is 2.75. The van der Waals surface area contributed by atoms with Crippen molar-refractivity contribution in [2.75, 3.05) is 45.9 Å². The van der Waals surface area contributed by atoms with Crippen LogP contribution in [0.2, 0.25) is 5.02 Å². The number of piperazine rings is 1. The van der Waals surface area contributed by atoms with Crippen LogP contribution >= 0.6 is 11.6 Å². The average molecular weight is 479 g/mol. The van der Waals surface area contributed by atoms with E-state index in [0.29, 0.717) is 31.3 Å². The van der Waals surface area contributed by atoms with Gasteiger partial charge in [-0.25, -0.2) is 9.67 Å². The van der Waals surface area contributed by atoms with E-state index in [1.165, 1.54) is 0 Å². The summed E-state index contributed by atoms with van der Waals surface area (Å²) in [6, 6.07) is 15.9. The molecule has 4 heterocycles. The lowest BCUT2D eigenvalue weighted by molar-refractivity contribution is -0.0551. The number of amides is 1. The Morgan fingerprint density at radius 1 is 1.09 bits per heavy atom. The number of benzene rings is 2. The van der Waals surface area contributed by atoms with Gasteiger partial charge in [0.15, 0.2) is 5.72 Å². The van der Waals surface area contributed by atoms with E-state index in [0.717, 1.165) is 48.8 Å². The summed E-state index contributed by atoms with van der Waals surface area (Å²) < 4.78 is 8.30. The van der Waals surface area contributed by atoms with Crippen molar-refractivity contribution in [2.45, 2.75) is 19.2 Å². The summed E-state index contributed by atoms with van der Waals surface area (Å²) in [6.45, 7) is 8.11. The zero-order chi connectivity index (χ0) is 23.3. The van der Waals surface area contributed by atoms with Gasteiger partial charge in [-0.05, 0) is 24.7 Å². The van der Waals surface area contributed by atoms with E-state index in [1.807, 2.05) is 41.3 Å². The van der Waals surface area contributed by atoms with Gasteiger partial charge in [0.25, 0.3) is 5.91 Å². The molecule has 1 unspecified atom stereocenters. The van der Waals surface area contributed by atoms with Crippen LogP contribution in [0, 0.1) is 0 Å². The number of fused-ring (bicyclic) bond motifs is 5. The zero-order valence-electron chi connectivity index (χ0n) is 19.2. The van der Waals surface area contributed by atoms with Gasteiger partial charge in [-0.1, -0.05) is 48.9 Å². The number of aromatic nitrogens is 3. The van der Waals surface area contributed by atoms with Crippen molar-refractivity contribution in [2.24, 2.45) is 0 Å². The third kappa shape index (κ3) is 3.36. The number of nitrogens with zero attached hydrogens (tertiary/aromatic N) is 6. The van der Waals surface area contributed by atoms with Gasteiger partial charge < -0.3 is 14.5 Å². The first-order valence-corrected chi connectivity index (χ1v) is 12.2. The van der Waals surface area contributed by atoms with Gasteiger partial charge in [0.2, 0.25) is 5.82 Å². The Hall–Kier alpha value is -2.78. The topological polar surface area (TPSA) is 66.7 Å². The Kier molecular flexibility index (Phi) is 5.41. The molecule has 1 amide bonds. The maximum absolute atomic E-state index is 13.3. The molecule has 9 heteroatoms. The highest BCUT2D eigenvalue weighted by Gasteiger charge is 2.49. The fourth-order valence-electron chi connectivity index (χ4n) is 5.35. The van der Waals surface area contributed by atoms with Crippen molar-refractivity contribution in [3.05, 3.63) is 76.3 Å². The normalized spacial score (nSPS) is 22.7. The average Bonchev–Trinajstić information content (AvgIpc) is 3.47. The summed E-state index contributed by atoms with van der Waals surface area (Å²) in [5.41, 5.74) is 1.98. The van der Waals surface area contributed by atoms with Crippen molar-refractivity contribution < 1.29 is 9.53 Å². The van der Waals surface area contributed by atoms with Crippen LogP contribution in [0.1, 0.15) is 34.5 Å². The monoisotopic (exact) mass is 478 g/mol. The van der Waals surface area contributed by atoms with Crippen LogP contribution in [-0.4, -0.2) is 81.2 Å². The van der Waals surface area contributed by atoms with Crippen molar-refractivity contribution in [3.8, 4) is 5.69 Å². The molecule has 0 N–H and O–H groups in total. The summed E-state index contributed by atoms with van der Waals surface area (Å²) in [5.74, 6) is 0.856. The van der Waals surface area contributed by atoms with E-state index in [4.69, 9.17) is 26.4 Å². The summed E-state index contributed by atoms with van der Waals surface area (Å²) in [6.07, 6.45) is 0. The van der Waals surface area contributed by atoms with Crippen molar-refractivity contribution in [3.63, 3.8) is 0 Å². The van der Waals surface area contributed by atoms with E-state index in [1.54, 1.807) is 4.68 Å². The highest BCUT2D eigenvalue weighted by Crippen LogP contribution is 2.46. The molecule has 0 saturated carbocycles. The first kappa shape index (κ1) is 21.7. The Balaban J connectivity index is 1.44. The van der Waals surface area contributed by atoms with Crippen LogP contribution < -0.4 is 0 Å². The molecule has 8 nitrogen and oxygen atoms in total. The highest BCUT2D eigenvalue weighted by atomic mass is 35.5. The molecule has 0 spiro atoms. The van der Waals surface area contributed by atoms with E-state index in [9.17, 15) is 4.79 Å². The molecule has 0 aliphatic carbocycles. The number of hydrogen-bond acceptors (Lipinski definition) is 6. The minimum atomic E-state index is -0.787. The van der Waals surface area contributed by atoms with E-state index >= 15 is 0 Å². The van der Waals surface area contributed by atoms with Crippen LogP contribution in [0.5, 0.6) is 0 Å². The molecule has 34 heavy (non-hydrogen) atoms. The van der Waals surface area contributed by atoms with E-state index in [-0.39, 0.29) is 11.7 Å². The van der Waals surface area contributed by atoms with Crippen LogP contribution in [-0.2, 0) is 17.0 Å². The highest BCUT2D eigenvalue weighted by molar-refractivity contribution is 6.30. The molecular formula is C25H27ClN6O2. The second-order valence-electron chi connectivity index (χ2n) is 8.93. The Labute approximate surface area is 203 Å². The fourth-order valence-corrected chi connectivity index (χ4v) is 5.52. The fraction of sp³-hybridized carbons (Fsp3) is 0.400. The predicted molar refractivity (Wildman–Crippen MR) is 128 cm³/mol. The minimum absolute atomic E-state index is 0.112. The molecule has 3 aliphatic rings. The Bertz CT molecular complexity index is 1220. The number of rotatable bonds is 3. The molecule has 1 atom stereocenters. The maximum Gasteiger partial charge on any atom is 0.293 e. The number of ether oxygens (including phenoxy) is 1. The molecular weight excluding hydrogens is 452 g/mol. The lowest BCUT2D eigenvalue weighted by atomic mass is 9.92. The number of carbonyl (C=O) groups excluding carboxylic acids is 1. The first-order chi connectivity index (χ1) is 16.6. The molecule has 6 rings (SSSR count). The molecule has 1 aromatic heterocycles. The van der Waals surface area contributed by atoms with Crippen molar-refractivity contribution in [1.82, 2.24) is 29.5 Å². The maximum atomic E-state index is 13.3. The number of halogens is 1. The molecule has 3 aliphatic heterocycles. The quantitative estimate of drug-likeness (QED) is 0.576. The van der Waals surface area contributed by atoms with Crippen LogP contribution in [0.25, 0.3) is 5.69 Å². The number of likely N-dealkylation sites (N-methyl/N-ethyl adjacent to an activating group) is 1. The summed E-state index contributed by atoms with van der Waals surface area (Å²) in [5, 5.41) is 5.35. The van der Waals surface area contributed by atoms with E-state index in [2.05, 4.69) is 28.9 Å². The lowest BCUT2D eigenvalue weighted by Crippen LogP contribution is -2.48. The first-order valence-electron chi connectivity index (χ1n) is 11.8. The third-order valence-corrected chi connectivity index (χ3v) is 7.37. The van der Waals surface area contributed by atoms with E-state index < -0.39 is 5.72 Å². The Morgan fingerprint density at radius 2 is 1.88 bits per heavy atom. The van der Waals surface area contributed by atoms with Crippen LogP contribution in [0.3, 0.4) is 0 Å². The van der Waals surface area contributed by atoms with Gasteiger partial charge in [0.1, 0.15) is 5.82 Å². The Morgan fingerprint density at radius 3 is 2.65 bits per heavy atom. The summed E-state index contributed by atoms with van der Waals surface area (Å²) in [7, 11) is 0. The SMILES string of the molecule is CCN1CCN(C(=O)c2nc3n(n2)-c2ccc(Cl)cc2C2(c4ccccc4)OCCN2C3)CC1. The molecule has 2 saturated heterocycles. The summed E-state index contributed by atoms with van der Waals surface area (Å²) >= 11 is 6.49. The third-order valence-electron chi connectivity index (χ3n) is 7.14. The standard InChI is InChI=1S/C25H27ClN6O2/c1-2-29-10-12-30(13-11-29)24(33)23-27-22-17-31-14-15-34-25(31,18-6-4-3-5-7-18)20-16-19(26)8-9-21(20)32(22)28-23/h3-9,16H,2,10-15,17H2,1H3. The van der Waals surface area contributed by atoms with Gasteiger partial charge in [0.05, 0.1) is 18.8 Å². The van der Waals surface area contributed by atoms with Gasteiger partial charge in [-0.15, -0.1) is 5.10 Å². The minimum Gasteiger partial charge on any atom is -0.350 e. The van der Waals surface area contributed by atoms with Crippen molar-refractivity contribution >= 4 is 17.5 Å². The zero-order valence-corrected chi connectivity index (χ0v) is 19.9. The smallest absolute Gasteiger partial charge is 0.293 e. The molecule has 2 fully saturated rings. The number of hydrogen-bond donors (Lipinski definition) is 0. The van der Waals surface area contributed by atoms with Gasteiger partial charge in [-0.3, -0.25) is 9.69 Å². The van der Waals surface area contributed by atoms with Gasteiger partial charge in [-0.2, -0.15) is 0 Å². The molecule has 0 bridgehead atoms. The summed E-state index contributed by atoms with van der Waals surface area (Å²) in [4.78, 5) is 24.5. The van der Waals surface area contributed by atoms with Gasteiger partial charge in [0, 0.05) is 48.9 Å². The second kappa shape index (κ2) is 8.46. The largest absolute Gasteiger partial charge is 0.350 e. The second-order valence-corrected chi connectivity index (χ2v) is 9.37. The number of carbonyl (C=O) groups is 1. The van der Waals surface area contributed by atoms with Gasteiger partial charge >= 0.3 is 0 Å². The molecule has 176 valence electrons. The lowest BCUT2D eigenvalue weighted by Gasteiger charge is -2.37. The van der Waals surface area contributed by atoms with Crippen LogP contribution in [0.4, 0.5) is 0 Å². The van der Waals surface area contributed by atoms with Crippen molar-refractivity contribution in [1.29, 1.82) is 0 Å². The van der Waals surface area contributed by atoms with Crippen LogP contribution in [0.15, 0.2) is 48.5 Å².